The fourth-order valence-electron chi connectivity index (χ4n) is 1.33. The number of aromatic nitrogens is 2. The smallest absolute Gasteiger partial charge is 0.206 e. The Hall–Kier alpha value is -1.09. The summed E-state index contributed by atoms with van der Waals surface area (Å²) in [7, 11) is 1.68. The van der Waals surface area contributed by atoms with Crippen molar-refractivity contribution in [2.24, 2.45) is 7.05 Å². The van der Waals surface area contributed by atoms with Gasteiger partial charge in [-0.2, -0.15) is 0 Å². The average molecular weight is 211 g/mol. The molecule has 0 amide bonds. The van der Waals surface area contributed by atoms with E-state index in [4.69, 9.17) is 4.89 Å². The average Bonchev–Trinajstić information content (AvgIpc) is 2.16. The Morgan fingerprint density at radius 2 is 2.07 bits per heavy atom. The van der Waals surface area contributed by atoms with Gasteiger partial charge in [-0.05, 0) is 11.2 Å². The largest absolute Gasteiger partial charge is 0.412 e. The molecule has 1 aromatic heterocycles. The molecule has 0 spiro atoms. The minimum Gasteiger partial charge on any atom is -0.412 e. The molecule has 2 aromatic rings. The maximum atomic E-state index is 9.15. The molecule has 0 aliphatic heterocycles. The summed E-state index contributed by atoms with van der Waals surface area (Å²) in [6.07, 6.45) is 1.85. The molecular weight excluding hydrogens is 199 g/mol. The number of hydrogen-bond acceptors (Lipinski definition) is 2. The van der Waals surface area contributed by atoms with Crippen LogP contribution in [-0.4, -0.2) is 15.5 Å². The third-order valence-electron chi connectivity index (χ3n) is 1.90. The van der Waals surface area contributed by atoms with Crippen molar-refractivity contribution >= 4 is 25.0 Å². The Labute approximate surface area is 83.4 Å². The quantitative estimate of drug-likeness (QED) is 0.507. The SMILES string of the molecule is C[n+]1cc(PO)c2ccccc2n1.O. The van der Waals surface area contributed by atoms with Gasteiger partial charge < -0.3 is 10.4 Å². The van der Waals surface area contributed by atoms with Crippen LogP contribution in [0.1, 0.15) is 0 Å². The molecule has 0 fully saturated rings. The Morgan fingerprint density at radius 3 is 2.79 bits per heavy atom. The highest BCUT2D eigenvalue weighted by molar-refractivity contribution is 7.41. The summed E-state index contributed by atoms with van der Waals surface area (Å²) in [4.78, 5) is 9.15. The molecule has 14 heavy (non-hydrogen) atoms. The predicted octanol–water partition coefficient (Wildman–Crippen LogP) is -0.554. The highest BCUT2D eigenvalue weighted by Gasteiger charge is 2.06. The molecule has 1 heterocycles. The molecule has 0 aliphatic carbocycles. The summed E-state index contributed by atoms with van der Waals surface area (Å²) in [6, 6.07) is 7.81. The fourth-order valence-corrected chi connectivity index (χ4v) is 1.91. The third kappa shape index (κ3) is 1.87. The summed E-state index contributed by atoms with van der Waals surface area (Å²) >= 11 is 0. The van der Waals surface area contributed by atoms with E-state index in [0.717, 1.165) is 16.2 Å². The van der Waals surface area contributed by atoms with Gasteiger partial charge in [0.1, 0.15) is 5.52 Å². The Bertz CT molecular complexity index is 448. The number of nitrogens with zero attached hydrogens (tertiary/aromatic N) is 2. The van der Waals surface area contributed by atoms with Crippen LogP contribution < -0.4 is 9.99 Å². The standard InChI is InChI=1S/C9H10N2OP.H2O/c1-11-6-9(13-12)7-4-2-3-5-8(7)10-11;/h2-6,12-13H,1H3;1H2/q+1;. The zero-order chi connectivity index (χ0) is 9.26. The first-order valence-corrected chi connectivity index (χ1v) is 4.92. The van der Waals surface area contributed by atoms with Crippen molar-refractivity contribution in [1.29, 1.82) is 0 Å². The van der Waals surface area contributed by atoms with Gasteiger partial charge in [0.25, 0.3) is 0 Å². The highest BCUT2D eigenvalue weighted by atomic mass is 31.1. The second-order valence-corrected chi connectivity index (χ2v) is 3.61. The van der Waals surface area contributed by atoms with Crippen LogP contribution in [0.4, 0.5) is 0 Å². The van der Waals surface area contributed by atoms with E-state index in [1.807, 2.05) is 37.5 Å². The topological polar surface area (TPSA) is 68.5 Å². The van der Waals surface area contributed by atoms with E-state index >= 15 is 0 Å². The zero-order valence-electron chi connectivity index (χ0n) is 7.73. The molecule has 1 unspecified atom stereocenters. The van der Waals surface area contributed by atoms with E-state index in [1.165, 1.54) is 0 Å². The van der Waals surface area contributed by atoms with E-state index in [2.05, 4.69) is 5.10 Å². The maximum Gasteiger partial charge on any atom is 0.206 e. The van der Waals surface area contributed by atoms with Crippen molar-refractivity contribution in [3.63, 3.8) is 0 Å². The van der Waals surface area contributed by atoms with E-state index in [-0.39, 0.29) is 14.3 Å². The lowest BCUT2D eigenvalue weighted by molar-refractivity contribution is -0.727. The molecule has 5 heteroatoms. The first kappa shape index (κ1) is 11.0. The van der Waals surface area contributed by atoms with Crippen molar-refractivity contribution < 1.29 is 15.1 Å². The monoisotopic (exact) mass is 211 g/mol. The van der Waals surface area contributed by atoms with E-state index in [1.54, 1.807) is 4.68 Å². The van der Waals surface area contributed by atoms with Crippen LogP contribution >= 0.6 is 8.81 Å². The molecule has 0 bridgehead atoms. The van der Waals surface area contributed by atoms with Gasteiger partial charge >= 0.3 is 0 Å². The number of fused-ring (bicyclic) bond motifs is 1. The second kappa shape index (κ2) is 4.42. The molecule has 74 valence electrons. The first-order chi connectivity index (χ1) is 6.31. The summed E-state index contributed by atoms with van der Waals surface area (Å²) < 4.78 is 1.72. The lowest BCUT2D eigenvalue weighted by Gasteiger charge is -1.98. The van der Waals surface area contributed by atoms with Crippen molar-refractivity contribution in [2.45, 2.75) is 0 Å². The lowest BCUT2D eigenvalue weighted by Crippen LogP contribution is -2.35. The number of rotatable bonds is 1. The molecule has 0 aliphatic rings. The number of benzene rings is 1. The summed E-state index contributed by atoms with van der Waals surface area (Å²) in [5.74, 6) is 0. The van der Waals surface area contributed by atoms with Gasteiger partial charge in [-0.15, -0.1) is 0 Å². The van der Waals surface area contributed by atoms with Crippen molar-refractivity contribution in [2.75, 3.05) is 0 Å². The molecular formula is C9H12N2O2P+. The third-order valence-corrected chi connectivity index (χ3v) is 2.54. The van der Waals surface area contributed by atoms with Crippen LogP contribution in [-0.2, 0) is 7.05 Å². The Kier molecular flexibility index (Phi) is 3.47. The van der Waals surface area contributed by atoms with Crippen LogP contribution in [0.15, 0.2) is 30.5 Å². The second-order valence-electron chi connectivity index (χ2n) is 2.85. The Morgan fingerprint density at radius 1 is 1.36 bits per heavy atom. The van der Waals surface area contributed by atoms with Gasteiger partial charge in [0.05, 0.1) is 5.30 Å². The zero-order valence-corrected chi connectivity index (χ0v) is 8.73. The van der Waals surface area contributed by atoms with Crippen molar-refractivity contribution in [1.82, 2.24) is 5.10 Å². The van der Waals surface area contributed by atoms with Crippen LogP contribution in [0.5, 0.6) is 0 Å². The normalized spacial score (nSPS) is 10.7. The van der Waals surface area contributed by atoms with Gasteiger partial charge in [-0.3, -0.25) is 0 Å². The van der Waals surface area contributed by atoms with Gasteiger partial charge in [0.15, 0.2) is 7.05 Å². The fraction of sp³-hybridized carbons (Fsp3) is 0.111. The molecule has 4 nitrogen and oxygen atoms in total. The molecule has 0 saturated carbocycles. The minimum atomic E-state index is -0.181. The van der Waals surface area contributed by atoms with Crippen LogP contribution in [0.25, 0.3) is 10.9 Å². The Balaban J connectivity index is 0.000000980. The van der Waals surface area contributed by atoms with E-state index < -0.39 is 0 Å². The van der Waals surface area contributed by atoms with Crippen LogP contribution in [0.3, 0.4) is 0 Å². The lowest BCUT2D eigenvalue weighted by atomic mass is 10.2. The number of hydrogen-bond donors (Lipinski definition) is 1. The van der Waals surface area contributed by atoms with Gasteiger partial charge in [-0.1, -0.05) is 22.9 Å². The molecule has 2 rings (SSSR count). The summed E-state index contributed by atoms with van der Waals surface area (Å²) in [5.41, 5.74) is 0.920. The highest BCUT2D eigenvalue weighted by Crippen LogP contribution is 2.12. The molecule has 0 radical (unpaired) electrons. The molecule has 3 N–H and O–H groups in total. The predicted molar refractivity (Wildman–Crippen MR) is 56.7 cm³/mol. The van der Waals surface area contributed by atoms with E-state index in [9.17, 15) is 0 Å². The van der Waals surface area contributed by atoms with Gasteiger partial charge in [-0.25, -0.2) is 0 Å². The molecule has 0 saturated heterocycles. The molecule has 1 atom stereocenters. The molecule has 1 aromatic carbocycles. The maximum absolute atomic E-state index is 9.15. The van der Waals surface area contributed by atoms with Gasteiger partial charge in [0.2, 0.25) is 6.20 Å². The first-order valence-electron chi connectivity index (χ1n) is 3.97. The van der Waals surface area contributed by atoms with Crippen LogP contribution in [0.2, 0.25) is 0 Å². The van der Waals surface area contributed by atoms with E-state index in [0.29, 0.717) is 0 Å². The summed E-state index contributed by atoms with van der Waals surface area (Å²) in [6.45, 7) is 0. The van der Waals surface area contributed by atoms with Crippen molar-refractivity contribution in [3.8, 4) is 0 Å². The van der Waals surface area contributed by atoms with Crippen molar-refractivity contribution in [3.05, 3.63) is 30.5 Å². The number of aryl methyl sites for hydroxylation is 1. The minimum absolute atomic E-state index is 0. The van der Waals surface area contributed by atoms with Crippen LogP contribution in [0, 0.1) is 0 Å². The summed E-state index contributed by atoms with van der Waals surface area (Å²) in [5, 5.41) is 6.26. The van der Waals surface area contributed by atoms with Gasteiger partial charge in [0, 0.05) is 14.2 Å².